The minimum Gasteiger partial charge on any atom is -0.330 e. The van der Waals surface area contributed by atoms with E-state index in [0.29, 0.717) is 5.92 Å². The first-order valence-corrected chi connectivity index (χ1v) is 4.40. The molecule has 0 saturated carbocycles. The molecule has 14 heavy (non-hydrogen) atoms. The number of hydrogen-bond donors (Lipinski definition) is 2. The van der Waals surface area contributed by atoms with E-state index in [4.69, 9.17) is 5.73 Å². The number of halogens is 2. The fraction of sp³-hybridized carbons (Fsp3) is 0.400. The van der Waals surface area contributed by atoms with Crippen LogP contribution < -0.4 is 11.1 Å². The molecule has 0 spiro atoms. The average Bonchev–Trinajstić information content (AvgIpc) is 2.17. The topological polar surface area (TPSA) is 38.0 Å². The zero-order valence-corrected chi connectivity index (χ0v) is 9.53. The molecule has 0 fully saturated rings. The zero-order valence-electron chi connectivity index (χ0n) is 7.90. The molecule has 1 aliphatic rings. The third kappa shape index (κ3) is 2.61. The van der Waals surface area contributed by atoms with Crippen molar-refractivity contribution in [1.29, 1.82) is 0 Å². The van der Waals surface area contributed by atoms with Crippen molar-refractivity contribution in [3.63, 3.8) is 0 Å². The summed E-state index contributed by atoms with van der Waals surface area (Å²) in [6.45, 7) is 2.75. The molecule has 3 N–H and O–H groups in total. The molecule has 1 aromatic carbocycles. The van der Waals surface area contributed by atoms with Crippen molar-refractivity contribution in [1.82, 2.24) is 5.32 Å². The molecule has 2 rings (SSSR count). The summed E-state index contributed by atoms with van der Waals surface area (Å²) in [5, 5.41) is 3.36. The number of nitrogens with one attached hydrogen (secondary N) is 1. The van der Waals surface area contributed by atoms with Gasteiger partial charge in [-0.3, -0.25) is 0 Å². The highest BCUT2D eigenvalue weighted by Crippen LogP contribution is 2.22. The Morgan fingerprint density at radius 1 is 1.29 bits per heavy atom. The highest BCUT2D eigenvalue weighted by molar-refractivity contribution is 5.85. The average molecular weight is 235 g/mol. The van der Waals surface area contributed by atoms with Gasteiger partial charge in [0.1, 0.15) is 0 Å². The lowest BCUT2D eigenvalue weighted by Crippen LogP contribution is -2.32. The number of fused-ring (bicyclic) bond motifs is 1. The summed E-state index contributed by atoms with van der Waals surface area (Å²) in [5.74, 6) is 0.509. The van der Waals surface area contributed by atoms with Gasteiger partial charge in [-0.15, -0.1) is 24.8 Å². The molecule has 0 aliphatic carbocycles. The fourth-order valence-electron chi connectivity index (χ4n) is 1.79. The van der Waals surface area contributed by atoms with E-state index in [1.54, 1.807) is 0 Å². The maximum absolute atomic E-state index is 5.68. The van der Waals surface area contributed by atoms with Crippen molar-refractivity contribution < 1.29 is 0 Å². The van der Waals surface area contributed by atoms with Gasteiger partial charge in [-0.2, -0.15) is 0 Å². The Morgan fingerprint density at radius 2 is 2.00 bits per heavy atom. The first-order valence-electron chi connectivity index (χ1n) is 4.40. The van der Waals surface area contributed by atoms with Crippen LogP contribution in [0, 0.1) is 0 Å². The summed E-state index contributed by atoms with van der Waals surface area (Å²) < 4.78 is 0. The lowest BCUT2D eigenvalue weighted by molar-refractivity contribution is 0.547. The second kappa shape index (κ2) is 6.25. The second-order valence-corrected chi connectivity index (χ2v) is 3.26. The van der Waals surface area contributed by atoms with Crippen molar-refractivity contribution in [3.05, 3.63) is 35.4 Å². The van der Waals surface area contributed by atoms with Gasteiger partial charge >= 0.3 is 0 Å². The fourth-order valence-corrected chi connectivity index (χ4v) is 1.79. The summed E-state index contributed by atoms with van der Waals surface area (Å²) in [6.07, 6.45) is 0. The van der Waals surface area contributed by atoms with Crippen LogP contribution in [0.2, 0.25) is 0 Å². The number of nitrogens with two attached hydrogens (primary N) is 1. The molecular weight excluding hydrogens is 219 g/mol. The van der Waals surface area contributed by atoms with Gasteiger partial charge in [0.15, 0.2) is 0 Å². The minimum atomic E-state index is 0. The first-order chi connectivity index (χ1) is 5.92. The maximum atomic E-state index is 5.68. The van der Waals surface area contributed by atoms with E-state index in [1.165, 1.54) is 11.1 Å². The highest BCUT2D eigenvalue weighted by Gasteiger charge is 2.16. The Hall–Kier alpha value is -0.280. The summed E-state index contributed by atoms with van der Waals surface area (Å²) >= 11 is 0. The highest BCUT2D eigenvalue weighted by atomic mass is 35.5. The molecule has 0 amide bonds. The van der Waals surface area contributed by atoms with E-state index in [9.17, 15) is 0 Å². The predicted octanol–water partition coefficient (Wildman–Crippen LogP) is 1.68. The van der Waals surface area contributed by atoms with Crippen molar-refractivity contribution in [2.75, 3.05) is 13.1 Å². The third-order valence-corrected chi connectivity index (χ3v) is 2.49. The quantitative estimate of drug-likeness (QED) is 0.777. The van der Waals surface area contributed by atoms with E-state index in [0.717, 1.165) is 19.6 Å². The lowest BCUT2D eigenvalue weighted by Gasteiger charge is -2.24. The Labute approximate surface area is 97.1 Å². The van der Waals surface area contributed by atoms with Gasteiger partial charge < -0.3 is 11.1 Å². The van der Waals surface area contributed by atoms with Crippen LogP contribution in [0.25, 0.3) is 0 Å². The van der Waals surface area contributed by atoms with E-state index in [2.05, 4.69) is 29.6 Å². The Bertz CT molecular complexity index is 279. The Balaban J connectivity index is 0.000000845. The Kier molecular flexibility index (Phi) is 6.12. The molecule has 0 aromatic heterocycles. The van der Waals surface area contributed by atoms with Crippen molar-refractivity contribution in [2.24, 2.45) is 5.73 Å². The first kappa shape index (κ1) is 13.7. The zero-order chi connectivity index (χ0) is 8.39. The predicted molar refractivity (Wildman–Crippen MR) is 64.4 cm³/mol. The van der Waals surface area contributed by atoms with Crippen molar-refractivity contribution in [2.45, 2.75) is 12.5 Å². The summed E-state index contributed by atoms with van der Waals surface area (Å²) in [7, 11) is 0. The second-order valence-electron chi connectivity index (χ2n) is 3.26. The molecule has 1 heterocycles. The van der Waals surface area contributed by atoms with Gasteiger partial charge in [-0.25, -0.2) is 0 Å². The molecule has 1 unspecified atom stereocenters. The van der Waals surface area contributed by atoms with Crippen LogP contribution in [0.4, 0.5) is 0 Å². The van der Waals surface area contributed by atoms with E-state index in [1.807, 2.05) is 0 Å². The Morgan fingerprint density at radius 3 is 2.71 bits per heavy atom. The maximum Gasteiger partial charge on any atom is 0.0208 e. The molecule has 80 valence electrons. The summed E-state index contributed by atoms with van der Waals surface area (Å²) in [4.78, 5) is 0. The van der Waals surface area contributed by atoms with Gasteiger partial charge in [0, 0.05) is 25.6 Å². The summed E-state index contributed by atoms with van der Waals surface area (Å²) in [5.41, 5.74) is 8.51. The monoisotopic (exact) mass is 234 g/mol. The van der Waals surface area contributed by atoms with Crippen LogP contribution in [0.3, 0.4) is 0 Å². The molecule has 4 heteroatoms. The number of rotatable bonds is 1. The lowest BCUT2D eigenvalue weighted by atomic mass is 9.91. The molecule has 1 atom stereocenters. The number of benzene rings is 1. The van der Waals surface area contributed by atoms with Crippen LogP contribution in [0.1, 0.15) is 17.0 Å². The molecule has 2 nitrogen and oxygen atoms in total. The van der Waals surface area contributed by atoms with Crippen LogP contribution >= 0.6 is 24.8 Å². The van der Waals surface area contributed by atoms with Crippen molar-refractivity contribution >= 4 is 24.8 Å². The SMILES string of the molecule is Cl.Cl.NCC1CNCc2ccccc21. The van der Waals surface area contributed by atoms with Crippen LogP contribution in [-0.4, -0.2) is 13.1 Å². The summed E-state index contributed by atoms with van der Waals surface area (Å²) in [6, 6.07) is 8.53. The molecule has 1 aromatic rings. The van der Waals surface area contributed by atoms with Gasteiger partial charge in [0.2, 0.25) is 0 Å². The van der Waals surface area contributed by atoms with E-state index in [-0.39, 0.29) is 24.8 Å². The minimum absolute atomic E-state index is 0. The van der Waals surface area contributed by atoms with Crippen LogP contribution in [-0.2, 0) is 6.54 Å². The number of hydrogen-bond acceptors (Lipinski definition) is 2. The molecular formula is C10H16Cl2N2. The van der Waals surface area contributed by atoms with Crippen molar-refractivity contribution in [3.8, 4) is 0 Å². The van der Waals surface area contributed by atoms with Gasteiger partial charge in [-0.05, 0) is 11.1 Å². The van der Waals surface area contributed by atoms with Crippen LogP contribution in [0.5, 0.6) is 0 Å². The molecule has 0 bridgehead atoms. The van der Waals surface area contributed by atoms with Gasteiger partial charge in [0.05, 0.1) is 0 Å². The normalized spacial score (nSPS) is 18.8. The molecule has 1 aliphatic heterocycles. The largest absolute Gasteiger partial charge is 0.330 e. The third-order valence-electron chi connectivity index (χ3n) is 2.49. The van der Waals surface area contributed by atoms with Gasteiger partial charge in [0.25, 0.3) is 0 Å². The smallest absolute Gasteiger partial charge is 0.0208 e. The van der Waals surface area contributed by atoms with Gasteiger partial charge in [-0.1, -0.05) is 24.3 Å². The van der Waals surface area contributed by atoms with E-state index >= 15 is 0 Å². The van der Waals surface area contributed by atoms with E-state index < -0.39 is 0 Å². The molecule has 0 radical (unpaired) electrons. The molecule has 0 saturated heterocycles. The standard InChI is InChI=1S/C10H14N2.2ClH/c11-5-9-7-12-6-8-3-1-2-4-10(8)9;;/h1-4,9,12H,5-7,11H2;2*1H. The van der Waals surface area contributed by atoms with Crippen LogP contribution in [0.15, 0.2) is 24.3 Å².